The summed E-state index contributed by atoms with van der Waals surface area (Å²) < 4.78 is 10.8. The molecule has 1 aliphatic rings. The molecule has 0 saturated carbocycles. The summed E-state index contributed by atoms with van der Waals surface area (Å²) >= 11 is 6.26. The molecular weight excluding hydrogens is 452 g/mol. The van der Waals surface area contributed by atoms with Gasteiger partial charge in [-0.1, -0.05) is 37.6 Å². The number of amides is 1. The van der Waals surface area contributed by atoms with Gasteiger partial charge in [-0.25, -0.2) is 9.97 Å². The molecule has 1 aliphatic heterocycles. The van der Waals surface area contributed by atoms with Crippen LogP contribution in [0.5, 0.6) is 0 Å². The molecule has 0 atom stereocenters. The summed E-state index contributed by atoms with van der Waals surface area (Å²) in [6, 6.07) is 11.3. The molecule has 3 heterocycles. The third kappa shape index (κ3) is 5.77. The van der Waals surface area contributed by atoms with E-state index in [0.29, 0.717) is 55.9 Å². The molecule has 0 N–H and O–H groups in total. The van der Waals surface area contributed by atoms with Gasteiger partial charge in [0.2, 0.25) is 0 Å². The van der Waals surface area contributed by atoms with Crippen LogP contribution in [0, 0.1) is 5.92 Å². The van der Waals surface area contributed by atoms with Crippen molar-refractivity contribution in [1.82, 2.24) is 14.9 Å². The van der Waals surface area contributed by atoms with Crippen LogP contribution in [0.15, 0.2) is 47.1 Å². The summed E-state index contributed by atoms with van der Waals surface area (Å²) in [6.45, 7) is 7.29. The topological polar surface area (TPSA) is 71.7 Å². The highest BCUT2D eigenvalue weighted by Gasteiger charge is 2.27. The number of benzene rings is 1. The minimum atomic E-state index is -0.0768. The van der Waals surface area contributed by atoms with E-state index in [1.54, 1.807) is 19.2 Å². The fourth-order valence-electron chi connectivity index (χ4n) is 4.25. The molecule has 0 bridgehead atoms. The van der Waals surface area contributed by atoms with E-state index in [1.165, 1.54) is 6.26 Å². The number of hydrogen-bond acceptors (Lipinski definition) is 6. The Morgan fingerprint density at radius 2 is 1.94 bits per heavy atom. The molecule has 1 amide bonds. The quantitative estimate of drug-likeness (QED) is 0.466. The fraction of sp³-hybridized carbons (Fsp3) is 0.423. The van der Waals surface area contributed by atoms with Crippen LogP contribution in [-0.2, 0) is 24.2 Å². The molecule has 0 radical (unpaired) electrons. The highest BCUT2D eigenvalue weighted by molar-refractivity contribution is 6.30. The number of rotatable bonds is 8. The van der Waals surface area contributed by atoms with Crippen LogP contribution in [0.4, 0.5) is 5.82 Å². The zero-order valence-corrected chi connectivity index (χ0v) is 20.7. The molecule has 8 heteroatoms. The second-order valence-corrected chi connectivity index (χ2v) is 9.42. The second-order valence-electron chi connectivity index (χ2n) is 8.98. The number of methoxy groups -OCH3 is 1. The Hall–Kier alpha value is -2.90. The average Bonchev–Trinajstić information content (AvgIpc) is 3.35. The maximum atomic E-state index is 12.7. The van der Waals surface area contributed by atoms with Crippen molar-refractivity contribution in [2.45, 2.75) is 33.3 Å². The SMILES string of the molecule is COCc1nc(CC(C)C)nc(N2CCN(C(=O)c3ccco3)CC2)c1Cc1cccc(Cl)c1. The fourth-order valence-corrected chi connectivity index (χ4v) is 4.46. The van der Waals surface area contributed by atoms with E-state index < -0.39 is 0 Å². The van der Waals surface area contributed by atoms with Gasteiger partial charge < -0.3 is 19.0 Å². The molecule has 0 spiro atoms. The zero-order valence-electron chi connectivity index (χ0n) is 20.0. The Kier molecular flexibility index (Phi) is 7.85. The third-order valence-corrected chi connectivity index (χ3v) is 6.09. The summed E-state index contributed by atoms with van der Waals surface area (Å²) in [5, 5.41) is 0.703. The number of furan rings is 1. The number of anilines is 1. The molecule has 1 saturated heterocycles. The summed E-state index contributed by atoms with van der Waals surface area (Å²) in [7, 11) is 1.69. The first-order valence-electron chi connectivity index (χ1n) is 11.6. The number of nitrogens with zero attached hydrogens (tertiary/aromatic N) is 4. The maximum Gasteiger partial charge on any atom is 0.289 e. The van der Waals surface area contributed by atoms with Crippen LogP contribution in [0.25, 0.3) is 0 Å². The highest BCUT2D eigenvalue weighted by atomic mass is 35.5. The van der Waals surface area contributed by atoms with Crippen molar-refractivity contribution in [1.29, 1.82) is 0 Å². The summed E-state index contributed by atoms with van der Waals surface area (Å²) in [4.78, 5) is 26.7. The number of hydrogen-bond donors (Lipinski definition) is 0. The number of carbonyl (C=O) groups excluding carboxylic acids is 1. The zero-order chi connectivity index (χ0) is 24.1. The lowest BCUT2D eigenvalue weighted by molar-refractivity contribution is 0.0714. The number of ether oxygens (including phenoxy) is 1. The lowest BCUT2D eigenvalue weighted by Gasteiger charge is -2.36. The first-order valence-corrected chi connectivity index (χ1v) is 12.0. The van der Waals surface area contributed by atoms with E-state index >= 15 is 0 Å². The predicted molar refractivity (Wildman–Crippen MR) is 132 cm³/mol. The summed E-state index contributed by atoms with van der Waals surface area (Å²) in [5.41, 5.74) is 3.04. The third-order valence-electron chi connectivity index (χ3n) is 5.86. The van der Waals surface area contributed by atoms with Crippen LogP contribution in [0.1, 0.15) is 47.0 Å². The second kappa shape index (κ2) is 11.0. The van der Waals surface area contributed by atoms with Gasteiger partial charge in [0.25, 0.3) is 5.91 Å². The molecular formula is C26H31ClN4O3. The normalized spacial score (nSPS) is 14.1. The van der Waals surface area contributed by atoms with Gasteiger partial charge in [-0.2, -0.15) is 0 Å². The van der Waals surface area contributed by atoms with Crippen LogP contribution < -0.4 is 4.90 Å². The van der Waals surface area contributed by atoms with Gasteiger partial charge in [-0.3, -0.25) is 4.79 Å². The monoisotopic (exact) mass is 482 g/mol. The number of carbonyl (C=O) groups is 1. The van der Waals surface area contributed by atoms with Crippen LogP contribution in [0.2, 0.25) is 5.02 Å². The van der Waals surface area contributed by atoms with Gasteiger partial charge >= 0.3 is 0 Å². The summed E-state index contributed by atoms with van der Waals surface area (Å²) in [6.07, 6.45) is 2.97. The molecule has 3 aromatic rings. The smallest absolute Gasteiger partial charge is 0.289 e. The largest absolute Gasteiger partial charge is 0.459 e. The molecule has 0 aliphatic carbocycles. The predicted octanol–water partition coefficient (Wildman–Crippen LogP) is 4.62. The Bertz CT molecular complexity index is 1110. The maximum absolute atomic E-state index is 12.7. The van der Waals surface area contributed by atoms with Crippen molar-refractivity contribution in [3.8, 4) is 0 Å². The minimum absolute atomic E-state index is 0.0768. The molecule has 180 valence electrons. The van der Waals surface area contributed by atoms with Crippen molar-refractivity contribution in [3.05, 3.63) is 76.1 Å². The van der Waals surface area contributed by atoms with Crippen molar-refractivity contribution in [2.24, 2.45) is 5.92 Å². The standard InChI is InChI=1S/C26H31ClN4O3/c1-18(2)14-24-28-22(17-33-3)21(16-19-6-4-7-20(27)15-19)25(29-24)30-9-11-31(12-10-30)26(32)23-8-5-13-34-23/h4-8,13,15,18H,9-12,14,16-17H2,1-3H3. The first-order chi connectivity index (χ1) is 16.4. The van der Waals surface area contributed by atoms with E-state index in [1.807, 2.05) is 23.1 Å². The van der Waals surface area contributed by atoms with Crippen molar-refractivity contribution in [2.75, 3.05) is 38.2 Å². The van der Waals surface area contributed by atoms with Gasteiger partial charge in [0, 0.05) is 56.7 Å². The van der Waals surface area contributed by atoms with Gasteiger partial charge in [0.15, 0.2) is 5.76 Å². The molecule has 4 rings (SSSR count). The average molecular weight is 483 g/mol. The van der Waals surface area contributed by atoms with Crippen LogP contribution in [0.3, 0.4) is 0 Å². The molecule has 7 nitrogen and oxygen atoms in total. The van der Waals surface area contributed by atoms with Gasteiger partial charge in [0.05, 0.1) is 18.6 Å². The van der Waals surface area contributed by atoms with Gasteiger partial charge in [-0.05, 0) is 35.7 Å². The Morgan fingerprint density at radius 3 is 2.59 bits per heavy atom. The lowest BCUT2D eigenvalue weighted by Crippen LogP contribution is -2.49. The van der Waals surface area contributed by atoms with E-state index in [9.17, 15) is 4.79 Å². The number of piperazine rings is 1. The molecule has 1 fully saturated rings. The molecule has 34 heavy (non-hydrogen) atoms. The molecule has 0 unspecified atom stereocenters. The van der Waals surface area contributed by atoms with Crippen molar-refractivity contribution < 1.29 is 13.9 Å². The highest BCUT2D eigenvalue weighted by Crippen LogP contribution is 2.28. The van der Waals surface area contributed by atoms with E-state index in [-0.39, 0.29) is 5.91 Å². The first kappa shape index (κ1) is 24.2. The van der Waals surface area contributed by atoms with Crippen LogP contribution >= 0.6 is 11.6 Å². The Labute approximate surface area is 205 Å². The number of aromatic nitrogens is 2. The van der Waals surface area contributed by atoms with Gasteiger partial charge in [-0.15, -0.1) is 0 Å². The number of halogens is 1. The van der Waals surface area contributed by atoms with Crippen LogP contribution in [-0.4, -0.2) is 54.1 Å². The summed E-state index contributed by atoms with van der Waals surface area (Å²) in [5.74, 6) is 2.47. The van der Waals surface area contributed by atoms with E-state index in [4.69, 9.17) is 30.7 Å². The molecule has 2 aromatic heterocycles. The van der Waals surface area contributed by atoms with Gasteiger partial charge in [0.1, 0.15) is 11.6 Å². The Balaban J connectivity index is 1.64. The van der Waals surface area contributed by atoms with E-state index in [2.05, 4.69) is 24.8 Å². The minimum Gasteiger partial charge on any atom is -0.459 e. The van der Waals surface area contributed by atoms with Crippen molar-refractivity contribution >= 4 is 23.3 Å². The lowest BCUT2D eigenvalue weighted by atomic mass is 10.0. The van der Waals surface area contributed by atoms with Crippen molar-refractivity contribution in [3.63, 3.8) is 0 Å². The molecule has 1 aromatic carbocycles. The van der Waals surface area contributed by atoms with E-state index in [0.717, 1.165) is 34.9 Å². The Morgan fingerprint density at radius 1 is 1.15 bits per heavy atom.